The third kappa shape index (κ3) is 2.74. The van der Waals surface area contributed by atoms with Crippen molar-refractivity contribution in [3.05, 3.63) is 77.4 Å². The number of fused-ring (bicyclic) bond motifs is 1. The van der Waals surface area contributed by atoms with Crippen LogP contribution in [0.1, 0.15) is 33.3 Å². The summed E-state index contributed by atoms with van der Waals surface area (Å²) in [4.78, 5) is 15.3. The summed E-state index contributed by atoms with van der Waals surface area (Å²) < 4.78 is 7.83. The number of rotatable bonds is 4. The van der Waals surface area contributed by atoms with Crippen LogP contribution in [0.15, 0.2) is 55.0 Å². The van der Waals surface area contributed by atoms with Gasteiger partial charge >= 0.3 is 0 Å². The second kappa shape index (κ2) is 5.81. The van der Waals surface area contributed by atoms with Crippen molar-refractivity contribution in [2.45, 2.75) is 19.1 Å². The summed E-state index contributed by atoms with van der Waals surface area (Å²) in [7, 11) is 0. The highest BCUT2D eigenvalue weighted by Gasteiger charge is 2.26. The number of amides is 1. The molecule has 2 N–H and O–H groups in total. The van der Waals surface area contributed by atoms with Gasteiger partial charge in [-0.25, -0.2) is 0 Å². The summed E-state index contributed by atoms with van der Waals surface area (Å²) in [6.45, 7) is 0.689. The minimum absolute atomic E-state index is 0.137. The van der Waals surface area contributed by atoms with Crippen LogP contribution in [0.25, 0.3) is 0 Å². The third-order valence-corrected chi connectivity index (χ3v) is 4.11. The molecule has 1 amide bonds. The van der Waals surface area contributed by atoms with Gasteiger partial charge < -0.3 is 10.5 Å². The van der Waals surface area contributed by atoms with E-state index < -0.39 is 5.91 Å². The highest BCUT2D eigenvalue weighted by Crippen LogP contribution is 2.36. The first-order valence-electron chi connectivity index (χ1n) is 7.71. The van der Waals surface area contributed by atoms with Crippen LogP contribution in [0.3, 0.4) is 0 Å². The first-order valence-corrected chi connectivity index (χ1v) is 7.71. The van der Waals surface area contributed by atoms with E-state index >= 15 is 0 Å². The summed E-state index contributed by atoms with van der Waals surface area (Å²) in [5.41, 5.74) is 8.85. The Morgan fingerprint density at radius 1 is 1.25 bits per heavy atom. The number of aromatic nitrogens is 3. The SMILES string of the molecule is NC(=O)c1ccc2c(c1)OC(c1ccn(Cc3ccncc3)n1)C2. The standard InChI is InChI=1S/C18H16N4O2/c19-18(23)14-2-1-13-9-17(24-16(13)10-14)15-5-8-22(21-15)11-12-3-6-20-7-4-12/h1-8,10,17H,9,11H2,(H2,19,23). The van der Waals surface area contributed by atoms with Crippen molar-refractivity contribution in [2.75, 3.05) is 0 Å². The maximum Gasteiger partial charge on any atom is 0.248 e. The van der Waals surface area contributed by atoms with Gasteiger partial charge in [0.2, 0.25) is 5.91 Å². The van der Waals surface area contributed by atoms with Gasteiger partial charge in [0, 0.05) is 30.6 Å². The molecule has 1 aliphatic heterocycles. The van der Waals surface area contributed by atoms with Gasteiger partial charge in [-0.1, -0.05) is 6.07 Å². The Labute approximate surface area is 138 Å². The molecule has 3 aromatic rings. The van der Waals surface area contributed by atoms with Gasteiger partial charge in [-0.15, -0.1) is 0 Å². The van der Waals surface area contributed by atoms with Gasteiger partial charge in [0.25, 0.3) is 0 Å². The Kier molecular flexibility index (Phi) is 3.49. The molecule has 0 spiro atoms. The van der Waals surface area contributed by atoms with Gasteiger partial charge in [0.15, 0.2) is 0 Å². The Balaban J connectivity index is 1.51. The van der Waals surface area contributed by atoms with Crippen LogP contribution >= 0.6 is 0 Å². The number of hydrogen-bond donors (Lipinski definition) is 1. The molecular weight excluding hydrogens is 304 g/mol. The van der Waals surface area contributed by atoms with Crippen LogP contribution in [0, 0.1) is 0 Å². The second-order valence-corrected chi connectivity index (χ2v) is 5.79. The maximum atomic E-state index is 11.3. The molecule has 1 atom stereocenters. The van der Waals surface area contributed by atoms with Gasteiger partial charge in [-0.3, -0.25) is 14.5 Å². The van der Waals surface area contributed by atoms with Gasteiger partial charge in [0.1, 0.15) is 17.5 Å². The van der Waals surface area contributed by atoms with E-state index in [1.165, 1.54) is 0 Å². The highest BCUT2D eigenvalue weighted by molar-refractivity contribution is 5.93. The molecule has 1 aromatic carbocycles. The highest BCUT2D eigenvalue weighted by atomic mass is 16.5. The molecule has 3 heterocycles. The summed E-state index contributed by atoms with van der Waals surface area (Å²) in [5.74, 6) is 0.256. The average Bonchev–Trinajstić information content (AvgIpc) is 3.21. The maximum absolute atomic E-state index is 11.3. The Morgan fingerprint density at radius 3 is 2.88 bits per heavy atom. The molecule has 0 fully saturated rings. The van der Waals surface area contributed by atoms with Crippen molar-refractivity contribution in [1.82, 2.24) is 14.8 Å². The van der Waals surface area contributed by atoms with E-state index in [9.17, 15) is 4.79 Å². The number of benzene rings is 1. The van der Waals surface area contributed by atoms with Crippen LogP contribution < -0.4 is 10.5 Å². The fourth-order valence-corrected chi connectivity index (χ4v) is 2.86. The zero-order valence-electron chi connectivity index (χ0n) is 12.9. The number of nitrogens with zero attached hydrogens (tertiary/aromatic N) is 3. The Hall–Kier alpha value is -3.15. The van der Waals surface area contributed by atoms with Crippen LogP contribution in [0.4, 0.5) is 0 Å². The number of nitrogens with two attached hydrogens (primary N) is 1. The summed E-state index contributed by atoms with van der Waals surface area (Å²) in [6.07, 6.45) is 6.08. The van der Waals surface area contributed by atoms with E-state index in [0.29, 0.717) is 17.9 Å². The van der Waals surface area contributed by atoms with Gasteiger partial charge in [-0.2, -0.15) is 5.10 Å². The van der Waals surface area contributed by atoms with E-state index in [2.05, 4.69) is 10.1 Å². The molecule has 1 aliphatic rings. The quantitative estimate of drug-likeness (QED) is 0.798. The molecule has 6 nitrogen and oxygen atoms in total. The predicted octanol–water partition coefficient (Wildman–Crippen LogP) is 2.10. The largest absolute Gasteiger partial charge is 0.483 e. The average molecular weight is 320 g/mol. The van der Waals surface area contributed by atoms with Crippen molar-refractivity contribution in [2.24, 2.45) is 5.73 Å². The molecule has 2 aromatic heterocycles. The molecule has 0 radical (unpaired) electrons. The van der Waals surface area contributed by atoms with Crippen LogP contribution in [0.5, 0.6) is 5.75 Å². The van der Waals surface area contributed by atoms with Crippen molar-refractivity contribution >= 4 is 5.91 Å². The number of carbonyl (C=O) groups excluding carboxylic acids is 1. The Morgan fingerprint density at radius 2 is 2.08 bits per heavy atom. The fourth-order valence-electron chi connectivity index (χ4n) is 2.86. The van der Waals surface area contributed by atoms with E-state index in [1.54, 1.807) is 24.5 Å². The fraction of sp³-hybridized carbons (Fsp3) is 0.167. The smallest absolute Gasteiger partial charge is 0.248 e. The molecule has 1 unspecified atom stereocenters. The number of pyridine rings is 1. The van der Waals surface area contributed by atoms with Crippen LogP contribution in [-0.2, 0) is 13.0 Å². The molecule has 0 saturated heterocycles. The van der Waals surface area contributed by atoms with Crippen LogP contribution in [-0.4, -0.2) is 20.7 Å². The first kappa shape index (κ1) is 14.4. The monoisotopic (exact) mass is 320 g/mol. The molecule has 0 bridgehead atoms. The summed E-state index contributed by atoms with van der Waals surface area (Å²) >= 11 is 0. The van der Waals surface area contributed by atoms with Crippen molar-refractivity contribution < 1.29 is 9.53 Å². The zero-order chi connectivity index (χ0) is 16.5. The van der Waals surface area contributed by atoms with E-state index in [0.717, 1.165) is 23.2 Å². The van der Waals surface area contributed by atoms with E-state index in [1.807, 2.05) is 35.1 Å². The molecule has 120 valence electrons. The lowest BCUT2D eigenvalue weighted by Crippen LogP contribution is -2.10. The van der Waals surface area contributed by atoms with Gasteiger partial charge in [0.05, 0.1) is 6.54 Å². The normalized spacial score (nSPS) is 15.8. The molecular formula is C18H16N4O2. The summed E-state index contributed by atoms with van der Waals surface area (Å²) in [5, 5.41) is 4.61. The lowest BCUT2D eigenvalue weighted by molar-refractivity contribution is 0.0999. The lowest BCUT2D eigenvalue weighted by Gasteiger charge is -2.07. The number of carbonyl (C=O) groups is 1. The van der Waals surface area contributed by atoms with E-state index in [4.69, 9.17) is 10.5 Å². The molecule has 0 saturated carbocycles. The second-order valence-electron chi connectivity index (χ2n) is 5.79. The molecule has 0 aliphatic carbocycles. The molecule has 24 heavy (non-hydrogen) atoms. The lowest BCUT2D eigenvalue weighted by atomic mass is 10.1. The van der Waals surface area contributed by atoms with E-state index in [-0.39, 0.29) is 6.10 Å². The van der Waals surface area contributed by atoms with Crippen molar-refractivity contribution in [3.8, 4) is 5.75 Å². The predicted molar refractivity (Wildman–Crippen MR) is 87.6 cm³/mol. The number of hydrogen-bond acceptors (Lipinski definition) is 4. The number of ether oxygens (including phenoxy) is 1. The molecule has 4 rings (SSSR count). The third-order valence-electron chi connectivity index (χ3n) is 4.11. The Bertz CT molecular complexity index is 889. The van der Waals surface area contributed by atoms with Crippen molar-refractivity contribution in [3.63, 3.8) is 0 Å². The first-order chi connectivity index (χ1) is 11.7. The minimum atomic E-state index is -0.452. The number of primary amides is 1. The zero-order valence-corrected chi connectivity index (χ0v) is 12.9. The topological polar surface area (TPSA) is 83.0 Å². The minimum Gasteiger partial charge on any atom is -0.483 e. The van der Waals surface area contributed by atoms with Gasteiger partial charge in [-0.05, 0) is 41.5 Å². The van der Waals surface area contributed by atoms with Crippen molar-refractivity contribution in [1.29, 1.82) is 0 Å². The van der Waals surface area contributed by atoms with Crippen LogP contribution in [0.2, 0.25) is 0 Å². The molecule has 6 heteroatoms. The summed E-state index contributed by atoms with van der Waals surface area (Å²) in [6, 6.07) is 11.2.